The van der Waals surface area contributed by atoms with Crippen LogP contribution < -0.4 is 11.1 Å². The molecule has 11 nitrogen and oxygen atoms in total. The number of rotatable bonds is 5. The summed E-state index contributed by atoms with van der Waals surface area (Å²) in [5.74, 6) is 0.690. The van der Waals surface area contributed by atoms with Gasteiger partial charge in [-0.1, -0.05) is 5.11 Å². The highest BCUT2D eigenvalue weighted by atomic mass is 16.5. The molecule has 1 fully saturated rings. The Labute approximate surface area is 131 Å². The zero-order valence-electron chi connectivity index (χ0n) is 12.5. The van der Waals surface area contributed by atoms with E-state index in [4.69, 9.17) is 16.0 Å². The number of hydrogen-bond acceptors (Lipinski definition) is 8. The van der Waals surface area contributed by atoms with Crippen molar-refractivity contribution in [3.63, 3.8) is 0 Å². The molecule has 0 amide bonds. The van der Waals surface area contributed by atoms with E-state index in [9.17, 15) is 5.11 Å². The minimum absolute atomic E-state index is 0.131. The molecule has 23 heavy (non-hydrogen) atoms. The normalized spacial score (nSPS) is 23.8. The molecular weight excluding hydrogens is 302 g/mol. The van der Waals surface area contributed by atoms with E-state index in [-0.39, 0.29) is 12.6 Å². The summed E-state index contributed by atoms with van der Waals surface area (Å²) in [6.45, 7) is 2.37. The molecule has 0 bridgehead atoms. The average Bonchev–Trinajstić information content (AvgIpc) is 3.11. The van der Waals surface area contributed by atoms with Crippen molar-refractivity contribution in [1.29, 1.82) is 0 Å². The minimum atomic E-state index is -0.550. The number of nitrogens with two attached hydrogens (primary N) is 1. The zero-order chi connectivity index (χ0) is 16.4. The molecule has 0 aromatic carbocycles. The van der Waals surface area contributed by atoms with Crippen molar-refractivity contribution < 1.29 is 9.84 Å². The first-order valence-corrected chi connectivity index (χ1v) is 7.22. The number of aliphatic hydroxyl groups excluding tert-OH is 1. The highest BCUT2D eigenvalue weighted by Crippen LogP contribution is 2.34. The van der Waals surface area contributed by atoms with Crippen molar-refractivity contribution in [2.45, 2.75) is 31.7 Å². The summed E-state index contributed by atoms with van der Waals surface area (Å²) in [6, 6.07) is -0.440. The lowest BCUT2D eigenvalue weighted by atomic mass is 10.1. The quantitative estimate of drug-likeness (QED) is 0.417. The van der Waals surface area contributed by atoms with Crippen LogP contribution in [0.15, 0.2) is 11.4 Å². The summed E-state index contributed by atoms with van der Waals surface area (Å²) in [6.07, 6.45) is 1.02. The zero-order valence-corrected chi connectivity index (χ0v) is 12.5. The molecule has 0 unspecified atom stereocenters. The highest BCUT2D eigenvalue weighted by molar-refractivity contribution is 5.84. The molecule has 0 spiro atoms. The third kappa shape index (κ3) is 2.72. The molecule has 1 aliphatic heterocycles. The largest absolute Gasteiger partial charge is 0.394 e. The van der Waals surface area contributed by atoms with Gasteiger partial charge in [-0.05, 0) is 12.5 Å². The highest BCUT2D eigenvalue weighted by Gasteiger charge is 2.36. The first kappa shape index (κ1) is 15.3. The maximum Gasteiger partial charge on any atom is 0.224 e. The lowest BCUT2D eigenvalue weighted by Crippen LogP contribution is -2.22. The van der Waals surface area contributed by atoms with Gasteiger partial charge in [0.2, 0.25) is 5.95 Å². The molecule has 0 aliphatic carbocycles. The molecule has 4 N–H and O–H groups in total. The SMILES string of the molecule is CCNc1nc(N)nc2ncn([C@H]3C[C@H](N=[N+]=[N-])[C@@H](CO)O3)c12. The summed E-state index contributed by atoms with van der Waals surface area (Å²) in [5.41, 5.74) is 15.4. The Kier molecular flexibility index (Phi) is 4.15. The third-order valence-corrected chi connectivity index (χ3v) is 3.68. The average molecular weight is 319 g/mol. The molecule has 122 valence electrons. The Balaban J connectivity index is 2.02. The predicted octanol–water partition coefficient (Wildman–Crippen LogP) is 0.799. The Bertz CT molecular complexity index is 754. The number of nitrogen functional groups attached to an aromatic ring is 1. The van der Waals surface area contributed by atoms with Gasteiger partial charge in [-0.2, -0.15) is 9.97 Å². The molecule has 0 saturated carbocycles. The van der Waals surface area contributed by atoms with Crippen molar-refractivity contribution in [3.8, 4) is 0 Å². The van der Waals surface area contributed by atoms with Crippen LogP contribution in [0.4, 0.5) is 11.8 Å². The van der Waals surface area contributed by atoms with Gasteiger partial charge in [0.1, 0.15) is 11.7 Å². The lowest BCUT2D eigenvalue weighted by molar-refractivity contribution is -0.0230. The second kappa shape index (κ2) is 6.24. The summed E-state index contributed by atoms with van der Waals surface area (Å²) >= 11 is 0. The van der Waals surface area contributed by atoms with Crippen LogP contribution in [0.25, 0.3) is 21.6 Å². The van der Waals surface area contributed by atoms with Crippen LogP contribution in [0.3, 0.4) is 0 Å². The first-order chi connectivity index (χ1) is 11.2. The van der Waals surface area contributed by atoms with Crippen molar-refractivity contribution in [2.75, 3.05) is 24.2 Å². The number of ether oxygens (including phenoxy) is 1. The van der Waals surface area contributed by atoms with E-state index < -0.39 is 18.4 Å². The van der Waals surface area contributed by atoms with Gasteiger partial charge < -0.3 is 20.9 Å². The van der Waals surface area contributed by atoms with Crippen molar-refractivity contribution in [1.82, 2.24) is 19.5 Å². The van der Waals surface area contributed by atoms with Gasteiger partial charge >= 0.3 is 0 Å². The number of imidazole rings is 1. The summed E-state index contributed by atoms with van der Waals surface area (Å²) in [7, 11) is 0. The van der Waals surface area contributed by atoms with E-state index in [0.29, 0.717) is 29.9 Å². The smallest absolute Gasteiger partial charge is 0.224 e. The van der Waals surface area contributed by atoms with Crippen molar-refractivity contribution >= 4 is 22.9 Å². The van der Waals surface area contributed by atoms with Crippen LogP contribution in [-0.2, 0) is 4.74 Å². The number of hydrogen-bond donors (Lipinski definition) is 3. The summed E-state index contributed by atoms with van der Waals surface area (Å²) in [4.78, 5) is 15.4. The monoisotopic (exact) mass is 319 g/mol. The maximum absolute atomic E-state index is 9.38. The molecule has 3 atom stereocenters. The minimum Gasteiger partial charge on any atom is -0.394 e. The Morgan fingerprint density at radius 2 is 2.43 bits per heavy atom. The van der Waals surface area contributed by atoms with Crippen LogP contribution in [0.2, 0.25) is 0 Å². The Morgan fingerprint density at radius 3 is 3.13 bits per heavy atom. The Morgan fingerprint density at radius 1 is 1.61 bits per heavy atom. The lowest BCUT2D eigenvalue weighted by Gasteiger charge is -2.15. The molecule has 3 rings (SSSR count). The van der Waals surface area contributed by atoms with Gasteiger partial charge in [-0.25, -0.2) is 4.98 Å². The number of aromatic nitrogens is 4. The summed E-state index contributed by atoms with van der Waals surface area (Å²) < 4.78 is 7.55. The fourth-order valence-electron chi connectivity index (χ4n) is 2.71. The van der Waals surface area contributed by atoms with Crippen molar-refractivity contribution in [2.24, 2.45) is 5.11 Å². The van der Waals surface area contributed by atoms with Crippen LogP contribution in [-0.4, -0.2) is 49.9 Å². The molecule has 2 aromatic rings. The van der Waals surface area contributed by atoms with Gasteiger partial charge in [-0.3, -0.25) is 4.57 Å². The van der Waals surface area contributed by atoms with Gasteiger partial charge in [0.15, 0.2) is 11.5 Å². The van der Waals surface area contributed by atoms with E-state index in [0.717, 1.165) is 0 Å². The molecule has 0 radical (unpaired) electrons. The number of nitrogens with one attached hydrogen (secondary N) is 1. The number of aliphatic hydroxyl groups is 1. The van der Waals surface area contributed by atoms with Gasteiger partial charge in [0, 0.05) is 17.9 Å². The van der Waals surface area contributed by atoms with Gasteiger partial charge in [0.25, 0.3) is 0 Å². The topological polar surface area (TPSA) is 160 Å². The number of azide groups is 1. The number of nitrogens with zero attached hydrogens (tertiary/aromatic N) is 7. The Hall–Kier alpha value is -2.62. The van der Waals surface area contributed by atoms with E-state index in [1.54, 1.807) is 10.9 Å². The maximum atomic E-state index is 9.38. The number of fused-ring (bicyclic) bond motifs is 1. The fourth-order valence-corrected chi connectivity index (χ4v) is 2.71. The molecule has 1 aliphatic rings. The fraction of sp³-hybridized carbons (Fsp3) is 0.583. The number of anilines is 2. The van der Waals surface area contributed by atoms with Crippen molar-refractivity contribution in [3.05, 3.63) is 16.8 Å². The van der Waals surface area contributed by atoms with E-state index >= 15 is 0 Å². The third-order valence-electron chi connectivity index (χ3n) is 3.68. The molecule has 3 heterocycles. The van der Waals surface area contributed by atoms with Crippen LogP contribution in [0, 0.1) is 0 Å². The second-order valence-electron chi connectivity index (χ2n) is 5.10. The standard InChI is InChI=1S/C12H17N9O2/c1-2-15-10-9-11(18-12(13)17-10)16-5-21(9)8-3-6(19-20-14)7(4-22)23-8/h5-8,22H,2-4H2,1H3,(H3,13,15,17,18)/t6-,7+,8+/m0/s1. The predicted molar refractivity (Wildman–Crippen MR) is 82.4 cm³/mol. The molecule has 2 aromatic heterocycles. The molecular formula is C12H17N9O2. The molecule has 11 heteroatoms. The van der Waals surface area contributed by atoms with Gasteiger partial charge in [0.05, 0.1) is 25.1 Å². The van der Waals surface area contributed by atoms with E-state index in [2.05, 4.69) is 30.3 Å². The van der Waals surface area contributed by atoms with Gasteiger partial charge in [-0.15, -0.1) is 0 Å². The van der Waals surface area contributed by atoms with Crippen LogP contribution in [0.5, 0.6) is 0 Å². The van der Waals surface area contributed by atoms with Crippen LogP contribution in [0.1, 0.15) is 19.6 Å². The second-order valence-corrected chi connectivity index (χ2v) is 5.10. The van der Waals surface area contributed by atoms with E-state index in [1.807, 2.05) is 6.92 Å². The first-order valence-electron chi connectivity index (χ1n) is 7.22. The summed E-state index contributed by atoms with van der Waals surface area (Å²) in [5, 5.41) is 16.2. The molecule has 1 saturated heterocycles. The van der Waals surface area contributed by atoms with E-state index in [1.165, 1.54) is 0 Å². The van der Waals surface area contributed by atoms with Crippen LogP contribution >= 0.6 is 0 Å².